The Hall–Kier alpha value is -2.17. The van der Waals surface area contributed by atoms with Gasteiger partial charge in [0.05, 0.1) is 5.56 Å². The Labute approximate surface area is 153 Å². The number of hydrogen-bond donors (Lipinski definition) is 1. The van der Waals surface area contributed by atoms with Crippen molar-refractivity contribution in [3.05, 3.63) is 71.3 Å². The van der Waals surface area contributed by atoms with Gasteiger partial charge in [0, 0.05) is 37.3 Å². The van der Waals surface area contributed by atoms with Gasteiger partial charge in [-0.2, -0.15) is 0 Å². The Bertz CT molecular complexity index is 766. The number of rotatable bonds is 3. The molecule has 130 valence electrons. The van der Waals surface area contributed by atoms with Gasteiger partial charge in [-0.05, 0) is 17.9 Å². The lowest BCUT2D eigenvalue weighted by Gasteiger charge is -2.19. The maximum Gasteiger partial charge on any atom is 0.254 e. The van der Waals surface area contributed by atoms with Crippen LogP contribution in [-0.2, 0) is 0 Å². The molecule has 0 radical (unpaired) electrons. The van der Waals surface area contributed by atoms with Crippen LogP contribution in [-0.4, -0.2) is 42.8 Å². The molecule has 1 N–H and O–H groups in total. The number of nitrogens with zero attached hydrogens (tertiary/aromatic N) is 1. The largest absolute Gasteiger partial charge is 0.338 e. The number of halogens is 1. The molecule has 2 aliphatic rings. The van der Waals surface area contributed by atoms with Crippen LogP contribution in [0.1, 0.15) is 26.3 Å². The summed E-state index contributed by atoms with van der Waals surface area (Å²) >= 11 is 0. The highest BCUT2D eigenvalue weighted by molar-refractivity contribution is 6.15. The molecule has 4 nitrogen and oxygen atoms in total. The van der Waals surface area contributed by atoms with Gasteiger partial charge in [-0.15, -0.1) is 12.4 Å². The smallest absolute Gasteiger partial charge is 0.254 e. The fourth-order valence-electron chi connectivity index (χ4n) is 3.80. The molecule has 5 heteroatoms. The number of nitrogens with one attached hydrogen (secondary N) is 1. The fourth-order valence-corrected chi connectivity index (χ4v) is 3.80. The maximum atomic E-state index is 13.0. The highest BCUT2D eigenvalue weighted by Gasteiger charge is 2.38. The van der Waals surface area contributed by atoms with Crippen LogP contribution >= 0.6 is 12.4 Å². The standard InChI is InChI=1S/C20H20N2O2.ClH/c23-19(14-6-2-1-3-7-14)17-8-4-5-9-18(17)20(24)22-12-15-10-21-11-16(15)13-22;/h1-9,15-16,21H,10-13H2;1H/t15-,16+;. The van der Waals surface area contributed by atoms with E-state index < -0.39 is 0 Å². The van der Waals surface area contributed by atoms with Gasteiger partial charge >= 0.3 is 0 Å². The van der Waals surface area contributed by atoms with Gasteiger partial charge in [0.15, 0.2) is 5.78 Å². The summed E-state index contributed by atoms with van der Waals surface area (Å²) in [7, 11) is 0. The fraction of sp³-hybridized carbons (Fsp3) is 0.300. The predicted molar refractivity (Wildman–Crippen MR) is 99.3 cm³/mol. The first-order valence-corrected chi connectivity index (χ1v) is 8.43. The minimum Gasteiger partial charge on any atom is -0.338 e. The van der Waals surface area contributed by atoms with Crippen molar-refractivity contribution >= 4 is 24.1 Å². The first kappa shape index (κ1) is 17.6. The molecule has 0 unspecified atom stereocenters. The lowest BCUT2D eigenvalue weighted by Crippen LogP contribution is -2.32. The summed E-state index contributed by atoms with van der Waals surface area (Å²) in [6.45, 7) is 3.53. The van der Waals surface area contributed by atoms with Crippen molar-refractivity contribution in [3.63, 3.8) is 0 Å². The third-order valence-corrected chi connectivity index (χ3v) is 5.11. The van der Waals surface area contributed by atoms with Crippen molar-refractivity contribution in [2.24, 2.45) is 11.8 Å². The molecule has 2 atom stereocenters. The molecule has 25 heavy (non-hydrogen) atoms. The number of carbonyl (C=O) groups is 2. The molecule has 4 rings (SSSR count). The number of fused-ring (bicyclic) bond motifs is 1. The zero-order valence-electron chi connectivity index (χ0n) is 13.9. The topological polar surface area (TPSA) is 49.4 Å². The highest BCUT2D eigenvalue weighted by Crippen LogP contribution is 2.28. The summed E-state index contributed by atoms with van der Waals surface area (Å²) < 4.78 is 0. The molecule has 2 aromatic carbocycles. The first-order chi connectivity index (χ1) is 11.7. The van der Waals surface area contributed by atoms with Gasteiger partial charge in [-0.25, -0.2) is 0 Å². The zero-order valence-corrected chi connectivity index (χ0v) is 14.7. The van der Waals surface area contributed by atoms with Crippen LogP contribution in [0.3, 0.4) is 0 Å². The van der Waals surface area contributed by atoms with Gasteiger partial charge in [-0.3, -0.25) is 9.59 Å². The van der Waals surface area contributed by atoms with Crippen LogP contribution in [0, 0.1) is 11.8 Å². The Balaban J connectivity index is 0.00000182. The molecule has 0 spiro atoms. The van der Waals surface area contributed by atoms with E-state index in [0.29, 0.717) is 28.5 Å². The molecule has 2 heterocycles. The van der Waals surface area contributed by atoms with Crippen molar-refractivity contribution < 1.29 is 9.59 Å². The van der Waals surface area contributed by atoms with Crippen molar-refractivity contribution in [2.45, 2.75) is 0 Å². The van der Waals surface area contributed by atoms with Crippen LogP contribution in [0.2, 0.25) is 0 Å². The Morgan fingerprint density at radius 1 is 0.840 bits per heavy atom. The zero-order chi connectivity index (χ0) is 16.5. The molecule has 1 amide bonds. The van der Waals surface area contributed by atoms with E-state index in [2.05, 4.69) is 5.32 Å². The van der Waals surface area contributed by atoms with E-state index in [0.717, 1.165) is 26.2 Å². The minimum atomic E-state index is -0.0967. The van der Waals surface area contributed by atoms with Crippen LogP contribution in [0.5, 0.6) is 0 Å². The average molecular weight is 357 g/mol. The van der Waals surface area contributed by atoms with E-state index >= 15 is 0 Å². The van der Waals surface area contributed by atoms with E-state index in [1.54, 1.807) is 24.3 Å². The van der Waals surface area contributed by atoms with Crippen LogP contribution in [0.25, 0.3) is 0 Å². The summed E-state index contributed by atoms with van der Waals surface area (Å²) in [5.41, 5.74) is 1.61. The van der Waals surface area contributed by atoms with E-state index in [1.165, 1.54) is 0 Å². The molecular formula is C20H21ClN2O2. The molecule has 2 fully saturated rings. The van der Waals surface area contributed by atoms with E-state index in [4.69, 9.17) is 0 Å². The molecule has 0 aromatic heterocycles. The third-order valence-electron chi connectivity index (χ3n) is 5.11. The number of benzene rings is 2. The summed E-state index contributed by atoms with van der Waals surface area (Å²) in [5.74, 6) is 0.974. The first-order valence-electron chi connectivity index (χ1n) is 8.43. The normalized spacial score (nSPS) is 21.5. The number of ketones is 1. The SMILES string of the molecule is Cl.O=C(c1ccccc1)c1ccccc1C(=O)N1C[C@H]2CNC[C@H]2C1. The monoisotopic (exact) mass is 356 g/mol. The van der Waals surface area contributed by atoms with Crippen molar-refractivity contribution in [1.82, 2.24) is 10.2 Å². The van der Waals surface area contributed by atoms with E-state index in [-0.39, 0.29) is 24.1 Å². The number of likely N-dealkylation sites (tertiary alicyclic amines) is 1. The molecule has 0 saturated carbocycles. The summed E-state index contributed by atoms with van der Waals surface area (Å²) in [4.78, 5) is 27.7. The van der Waals surface area contributed by atoms with E-state index in [1.807, 2.05) is 35.2 Å². The van der Waals surface area contributed by atoms with Gasteiger partial charge in [0.25, 0.3) is 5.91 Å². The van der Waals surface area contributed by atoms with Crippen LogP contribution < -0.4 is 5.32 Å². The highest BCUT2D eigenvalue weighted by atomic mass is 35.5. The van der Waals surface area contributed by atoms with Gasteiger partial charge in [0.1, 0.15) is 0 Å². The Morgan fingerprint density at radius 3 is 2.04 bits per heavy atom. The van der Waals surface area contributed by atoms with Crippen LogP contribution in [0.4, 0.5) is 0 Å². The van der Waals surface area contributed by atoms with Crippen molar-refractivity contribution in [1.29, 1.82) is 0 Å². The molecule has 2 saturated heterocycles. The lowest BCUT2D eigenvalue weighted by molar-refractivity contribution is 0.0777. The Kier molecular flexibility index (Phi) is 5.21. The van der Waals surface area contributed by atoms with Gasteiger partial charge in [-0.1, -0.05) is 48.5 Å². The van der Waals surface area contributed by atoms with Gasteiger partial charge < -0.3 is 10.2 Å². The molecule has 2 aromatic rings. The third kappa shape index (κ3) is 3.32. The molecule has 0 aliphatic carbocycles. The number of amides is 1. The molecule has 2 aliphatic heterocycles. The summed E-state index contributed by atoms with van der Waals surface area (Å²) in [6, 6.07) is 16.3. The number of hydrogen-bond acceptors (Lipinski definition) is 3. The second-order valence-electron chi connectivity index (χ2n) is 6.63. The predicted octanol–water partition coefficient (Wildman–Crippen LogP) is 2.63. The average Bonchev–Trinajstić information content (AvgIpc) is 3.23. The quantitative estimate of drug-likeness (QED) is 0.860. The minimum absolute atomic E-state index is 0. The van der Waals surface area contributed by atoms with Gasteiger partial charge in [0.2, 0.25) is 0 Å². The Morgan fingerprint density at radius 2 is 1.40 bits per heavy atom. The molecule has 0 bridgehead atoms. The summed E-state index contributed by atoms with van der Waals surface area (Å²) in [5, 5.41) is 3.38. The van der Waals surface area contributed by atoms with Crippen LogP contribution in [0.15, 0.2) is 54.6 Å². The van der Waals surface area contributed by atoms with Crippen molar-refractivity contribution in [2.75, 3.05) is 26.2 Å². The number of carbonyl (C=O) groups excluding carboxylic acids is 2. The van der Waals surface area contributed by atoms with Crippen molar-refractivity contribution in [3.8, 4) is 0 Å². The maximum absolute atomic E-state index is 13.0. The summed E-state index contributed by atoms with van der Waals surface area (Å²) in [6.07, 6.45) is 0. The van der Waals surface area contributed by atoms with E-state index in [9.17, 15) is 9.59 Å². The molecular weight excluding hydrogens is 336 g/mol. The lowest BCUT2D eigenvalue weighted by atomic mass is 9.97. The second-order valence-corrected chi connectivity index (χ2v) is 6.63. The second kappa shape index (κ2) is 7.38.